The molecule has 9 heteroatoms. The molecule has 0 amide bonds. The fraction of sp³-hybridized carbons (Fsp3) is 0.471. The number of hydrogen-bond donors (Lipinski definition) is 5. The van der Waals surface area contributed by atoms with Crippen LogP contribution in [0, 0.1) is 10.8 Å². The molecule has 1 saturated heterocycles. The Morgan fingerprint density at radius 2 is 1.96 bits per heavy atom. The highest BCUT2D eigenvalue weighted by Crippen LogP contribution is 2.26. The van der Waals surface area contributed by atoms with Gasteiger partial charge in [-0.1, -0.05) is 31.5 Å². The summed E-state index contributed by atoms with van der Waals surface area (Å²) in [6.07, 6.45) is 1.61. The van der Waals surface area contributed by atoms with E-state index >= 15 is 0 Å². The summed E-state index contributed by atoms with van der Waals surface area (Å²) >= 11 is 0. The molecule has 0 bridgehead atoms. The smallest absolute Gasteiger partial charge is 0.300 e. The first-order valence-electron chi connectivity index (χ1n) is 8.26. The normalized spacial score (nSPS) is 14.8. The van der Waals surface area contributed by atoms with Gasteiger partial charge in [0.25, 0.3) is 11.9 Å². The predicted molar refractivity (Wildman–Crippen MR) is 97.1 cm³/mol. The first kappa shape index (κ1) is 21.3. The molecule has 1 fully saturated rings. The Labute approximate surface area is 151 Å². The molecule has 1 heterocycles. The third-order valence-electron chi connectivity index (χ3n) is 3.53. The lowest BCUT2D eigenvalue weighted by Gasteiger charge is -2.21. The van der Waals surface area contributed by atoms with Crippen molar-refractivity contribution in [3.8, 4) is 0 Å². The second kappa shape index (κ2) is 9.69. The molecular weight excluding hydrogens is 344 g/mol. The van der Waals surface area contributed by atoms with Crippen LogP contribution in [0.4, 0.5) is 14.5 Å². The highest BCUT2D eigenvalue weighted by molar-refractivity contribution is 6.03. The fourth-order valence-electron chi connectivity index (χ4n) is 2.42. The number of carbonyl (C=O) groups is 1. The SMILES string of the molecule is CC(=O)O.CCCc1ccccc1NC(=N)NC(=N)N1CCC(F)(F)C1. The minimum Gasteiger partial charge on any atom is -0.481 e. The lowest BCUT2D eigenvalue weighted by atomic mass is 10.1. The third-order valence-corrected chi connectivity index (χ3v) is 3.53. The van der Waals surface area contributed by atoms with Crippen molar-refractivity contribution in [3.63, 3.8) is 0 Å². The van der Waals surface area contributed by atoms with Crippen LogP contribution in [0.3, 0.4) is 0 Å². The number of carboxylic acid groups (broad SMARTS) is 1. The van der Waals surface area contributed by atoms with Gasteiger partial charge in [0, 0.05) is 25.6 Å². The quantitative estimate of drug-likeness (QED) is 0.415. The van der Waals surface area contributed by atoms with Crippen molar-refractivity contribution in [2.75, 3.05) is 18.4 Å². The van der Waals surface area contributed by atoms with Crippen LogP contribution in [-0.4, -0.2) is 46.9 Å². The molecule has 144 valence electrons. The summed E-state index contributed by atoms with van der Waals surface area (Å²) in [6.45, 7) is 2.81. The molecule has 0 saturated carbocycles. The summed E-state index contributed by atoms with van der Waals surface area (Å²) in [4.78, 5) is 10.2. The number of aryl methyl sites for hydroxylation is 1. The maximum atomic E-state index is 13.1. The second-order valence-electron chi connectivity index (χ2n) is 5.93. The standard InChI is InChI=1S/C15H21F2N5.C2H4O2/c1-2-5-11-6-3-4-7-12(11)20-13(18)21-14(19)22-9-8-15(16,17)10-22;1-2(3)4/h3-4,6-7H,2,5,8-10H2,1H3,(H4,18,19,20,21);1H3,(H,3,4). The van der Waals surface area contributed by atoms with E-state index in [1.54, 1.807) is 0 Å². The number of benzene rings is 1. The summed E-state index contributed by atoms with van der Waals surface area (Å²) in [5.74, 6) is -3.86. The highest BCUT2D eigenvalue weighted by atomic mass is 19.3. The lowest BCUT2D eigenvalue weighted by Crippen LogP contribution is -2.45. The van der Waals surface area contributed by atoms with Crippen LogP contribution in [0.5, 0.6) is 0 Å². The van der Waals surface area contributed by atoms with Gasteiger partial charge in [-0.2, -0.15) is 0 Å². The van der Waals surface area contributed by atoms with Crippen molar-refractivity contribution in [2.24, 2.45) is 0 Å². The zero-order valence-electron chi connectivity index (χ0n) is 14.9. The average Bonchev–Trinajstić information content (AvgIpc) is 2.89. The second-order valence-corrected chi connectivity index (χ2v) is 5.93. The lowest BCUT2D eigenvalue weighted by molar-refractivity contribution is -0.134. The topological polar surface area (TPSA) is 112 Å². The number of guanidine groups is 2. The van der Waals surface area contributed by atoms with Crippen molar-refractivity contribution in [3.05, 3.63) is 29.8 Å². The Morgan fingerprint density at radius 3 is 2.50 bits per heavy atom. The molecule has 7 nitrogen and oxygen atoms in total. The number of carboxylic acids is 1. The van der Waals surface area contributed by atoms with Crippen LogP contribution in [-0.2, 0) is 11.2 Å². The minimum atomic E-state index is -2.75. The van der Waals surface area contributed by atoms with Gasteiger partial charge in [-0.05, 0) is 18.1 Å². The number of likely N-dealkylation sites (tertiary alicyclic amines) is 1. The van der Waals surface area contributed by atoms with Crippen molar-refractivity contribution in [1.29, 1.82) is 10.8 Å². The van der Waals surface area contributed by atoms with Crippen LogP contribution in [0.15, 0.2) is 24.3 Å². The van der Waals surface area contributed by atoms with Gasteiger partial charge < -0.3 is 15.3 Å². The molecule has 1 aromatic carbocycles. The monoisotopic (exact) mass is 369 g/mol. The number of nitrogens with zero attached hydrogens (tertiary/aromatic N) is 1. The van der Waals surface area contributed by atoms with Gasteiger partial charge >= 0.3 is 0 Å². The van der Waals surface area contributed by atoms with Gasteiger partial charge in [0.05, 0.1) is 6.54 Å². The first-order chi connectivity index (χ1) is 12.1. The molecule has 2 rings (SSSR count). The van der Waals surface area contributed by atoms with E-state index in [0.717, 1.165) is 31.0 Å². The summed E-state index contributed by atoms with van der Waals surface area (Å²) in [5, 5.41) is 28.5. The van der Waals surface area contributed by atoms with E-state index in [4.69, 9.17) is 20.7 Å². The number of alkyl halides is 2. The number of aliphatic carboxylic acids is 1. The number of rotatable bonds is 3. The molecule has 0 radical (unpaired) electrons. The van der Waals surface area contributed by atoms with E-state index in [2.05, 4.69) is 17.6 Å². The number of nitrogens with one attached hydrogen (secondary N) is 4. The van der Waals surface area contributed by atoms with Crippen LogP contribution >= 0.6 is 0 Å². The Hall–Kier alpha value is -2.71. The molecule has 0 aromatic heterocycles. The van der Waals surface area contributed by atoms with Gasteiger partial charge in [-0.15, -0.1) is 0 Å². The summed E-state index contributed by atoms with van der Waals surface area (Å²) in [7, 11) is 0. The number of para-hydroxylation sites is 1. The molecule has 0 atom stereocenters. The van der Waals surface area contributed by atoms with Crippen molar-refractivity contribution in [1.82, 2.24) is 10.2 Å². The molecule has 1 aromatic rings. The number of anilines is 1. The molecule has 0 spiro atoms. The number of halogens is 2. The summed E-state index contributed by atoms with van der Waals surface area (Å²) in [6, 6.07) is 7.63. The fourth-order valence-corrected chi connectivity index (χ4v) is 2.42. The third kappa shape index (κ3) is 7.45. The van der Waals surface area contributed by atoms with Crippen molar-refractivity contribution >= 4 is 23.6 Å². The van der Waals surface area contributed by atoms with Crippen molar-refractivity contribution < 1.29 is 18.7 Å². The summed E-state index contributed by atoms with van der Waals surface area (Å²) < 4.78 is 26.3. The van der Waals surface area contributed by atoms with Crippen LogP contribution in [0.2, 0.25) is 0 Å². The van der Waals surface area contributed by atoms with Crippen LogP contribution in [0.25, 0.3) is 0 Å². The maximum absolute atomic E-state index is 13.1. The molecule has 1 aliphatic heterocycles. The molecular formula is C17H25F2N5O2. The largest absolute Gasteiger partial charge is 0.481 e. The molecule has 5 N–H and O–H groups in total. The zero-order chi connectivity index (χ0) is 19.7. The van der Waals surface area contributed by atoms with Gasteiger partial charge in [-0.3, -0.25) is 20.9 Å². The van der Waals surface area contributed by atoms with E-state index in [9.17, 15) is 8.78 Å². The Balaban J connectivity index is 0.000000765. The molecule has 0 unspecified atom stereocenters. The van der Waals surface area contributed by atoms with Gasteiger partial charge in [0.2, 0.25) is 0 Å². The van der Waals surface area contributed by atoms with E-state index < -0.39 is 18.4 Å². The van der Waals surface area contributed by atoms with Gasteiger partial charge in [0.15, 0.2) is 11.9 Å². The van der Waals surface area contributed by atoms with E-state index in [1.165, 1.54) is 4.90 Å². The minimum absolute atomic E-state index is 0.0937. The van der Waals surface area contributed by atoms with Crippen LogP contribution in [0.1, 0.15) is 32.3 Å². The summed E-state index contributed by atoms with van der Waals surface area (Å²) in [5.41, 5.74) is 1.87. The maximum Gasteiger partial charge on any atom is 0.300 e. The molecule has 1 aliphatic rings. The Bertz CT molecular complexity index is 648. The predicted octanol–water partition coefficient (Wildman–Crippen LogP) is 2.94. The molecule has 0 aliphatic carbocycles. The number of hydrogen-bond acceptors (Lipinski definition) is 3. The highest BCUT2D eigenvalue weighted by Gasteiger charge is 2.39. The zero-order valence-corrected chi connectivity index (χ0v) is 14.9. The first-order valence-corrected chi connectivity index (χ1v) is 8.26. The Kier molecular flexibility index (Phi) is 7.95. The van der Waals surface area contributed by atoms with Gasteiger partial charge in [0.1, 0.15) is 0 Å². The van der Waals surface area contributed by atoms with E-state index in [0.29, 0.717) is 0 Å². The van der Waals surface area contributed by atoms with Crippen molar-refractivity contribution in [2.45, 2.75) is 39.0 Å². The van der Waals surface area contributed by atoms with E-state index in [1.807, 2.05) is 24.3 Å². The Morgan fingerprint density at radius 1 is 1.35 bits per heavy atom. The van der Waals surface area contributed by atoms with Crippen LogP contribution < -0.4 is 10.6 Å². The van der Waals surface area contributed by atoms with E-state index in [-0.39, 0.29) is 24.9 Å². The molecule has 26 heavy (non-hydrogen) atoms. The van der Waals surface area contributed by atoms with Gasteiger partial charge in [-0.25, -0.2) is 8.78 Å². The average molecular weight is 369 g/mol.